The Morgan fingerprint density at radius 1 is 1.09 bits per heavy atom. The Morgan fingerprint density at radius 3 is 2.56 bits per heavy atom. The van der Waals surface area contributed by atoms with Crippen LogP contribution in [0.4, 0.5) is 13.2 Å². The van der Waals surface area contributed by atoms with Gasteiger partial charge in [0.15, 0.2) is 0 Å². The normalized spacial score (nSPS) is 18.6. The first-order valence-corrected chi connectivity index (χ1v) is 10.2. The first-order valence-electron chi connectivity index (χ1n) is 10.2. The summed E-state index contributed by atoms with van der Waals surface area (Å²) in [6, 6.07) is 14.9. The van der Waals surface area contributed by atoms with Crippen LogP contribution in [0.5, 0.6) is 5.88 Å². The molecule has 1 unspecified atom stereocenters. The van der Waals surface area contributed by atoms with Gasteiger partial charge < -0.3 is 9.64 Å². The second-order valence-corrected chi connectivity index (χ2v) is 8.13. The van der Waals surface area contributed by atoms with Crippen LogP contribution in [0.3, 0.4) is 0 Å². The second-order valence-electron chi connectivity index (χ2n) is 8.13. The number of hydrogen-bond donors (Lipinski definition) is 0. The van der Waals surface area contributed by atoms with Crippen molar-refractivity contribution in [1.82, 2.24) is 14.9 Å². The third-order valence-corrected chi connectivity index (χ3v) is 5.72. The number of carbonyl (C=O) groups excluding carboxylic acids is 1. The molecule has 1 fully saturated rings. The van der Waals surface area contributed by atoms with Gasteiger partial charge in [-0.2, -0.15) is 13.2 Å². The van der Waals surface area contributed by atoms with Gasteiger partial charge in [-0.15, -0.1) is 0 Å². The van der Waals surface area contributed by atoms with E-state index >= 15 is 0 Å². The highest BCUT2D eigenvalue weighted by Gasteiger charge is 2.39. The average Bonchev–Trinajstić information content (AvgIpc) is 3.21. The van der Waals surface area contributed by atoms with Gasteiger partial charge in [0.2, 0.25) is 5.88 Å². The van der Waals surface area contributed by atoms with Crippen molar-refractivity contribution < 1.29 is 22.7 Å². The minimum Gasteiger partial charge on any atom is -0.472 e. The quantitative estimate of drug-likeness (QED) is 0.567. The molecule has 1 amide bonds. The van der Waals surface area contributed by atoms with Gasteiger partial charge in [0.25, 0.3) is 5.91 Å². The number of benzene rings is 2. The second kappa shape index (κ2) is 8.61. The molecule has 8 heteroatoms. The lowest BCUT2D eigenvalue weighted by molar-refractivity contribution is -0.137. The number of carbonyl (C=O) groups is 1. The molecule has 1 aliphatic rings. The predicted molar refractivity (Wildman–Crippen MR) is 112 cm³/mol. The molecule has 1 atom stereocenters. The molecular formula is C24H22F3N3O2. The average molecular weight is 441 g/mol. The molecule has 1 aliphatic heterocycles. The fourth-order valence-electron chi connectivity index (χ4n) is 3.84. The zero-order valence-corrected chi connectivity index (χ0v) is 17.5. The Morgan fingerprint density at radius 2 is 1.88 bits per heavy atom. The molecule has 1 aromatic heterocycles. The molecule has 0 saturated carbocycles. The maximum absolute atomic E-state index is 13.1. The van der Waals surface area contributed by atoms with Crippen LogP contribution in [0.15, 0.2) is 67.0 Å². The standard InChI is InChI=1S/C24H22F3N3O2/c1-23(18-8-5-9-19(12-18)24(25,26)27)10-11-30(16-23)22(31)20-13-29-21(14-28-20)32-15-17-6-3-2-4-7-17/h2-9,12-14H,10-11,15-16H2,1H3. The van der Waals surface area contributed by atoms with Crippen molar-refractivity contribution in [2.24, 2.45) is 0 Å². The highest BCUT2D eigenvalue weighted by atomic mass is 19.4. The molecule has 5 nitrogen and oxygen atoms in total. The topological polar surface area (TPSA) is 55.3 Å². The molecule has 0 aliphatic carbocycles. The van der Waals surface area contributed by atoms with Crippen molar-refractivity contribution in [3.05, 3.63) is 89.4 Å². The van der Waals surface area contributed by atoms with E-state index in [0.29, 0.717) is 37.6 Å². The Labute approximate surface area is 183 Å². The van der Waals surface area contributed by atoms with E-state index in [2.05, 4.69) is 9.97 Å². The Balaban J connectivity index is 1.41. The molecule has 2 heterocycles. The summed E-state index contributed by atoms with van der Waals surface area (Å²) >= 11 is 0. The summed E-state index contributed by atoms with van der Waals surface area (Å²) in [4.78, 5) is 22.8. The van der Waals surface area contributed by atoms with E-state index in [-0.39, 0.29) is 11.6 Å². The van der Waals surface area contributed by atoms with Gasteiger partial charge in [-0.3, -0.25) is 4.79 Å². The summed E-state index contributed by atoms with van der Waals surface area (Å²) in [5.74, 6) is 0.00318. The van der Waals surface area contributed by atoms with Gasteiger partial charge in [0.05, 0.1) is 18.0 Å². The SMILES string of the molecule is CC1(c2cccc(C(F)(F)F)c2)CCN(C(=O)c2cnc(OCc3ccccc3)cn2)C1. The molecule has 4 rings (SSSR count). The van der Waals surface area contributed by atoms with E-state index in [1.807, 2.05) is 37.3 Å². The van der Waals surface area contributed by atoms with Gasteiger partial charge in [-0.05, 0) is 23.6 Å². The largest absolute Gasteiger partial charge is 0.472 e. The number of halogens is 3. The number of hydrogen-bond acceptors (Lipinski definition) is 4. The number of likely N-dealkylation sites (tertiary alicyclic amines) is 1. The molecule has 1 saturated heterocycles. The number of amides is 1. The van der Waals surface area contributed by atoms with Crippen LogP contribution >= 0.6 is 0 Å². The lowest BCUT2D eigenvalue weighted by atomic mass is 9.81. The molecule has 3 aromatic rings. The van der Waals surface area contributed by atoms with Crippen LogP contribution in [0.2, 0.25) is 0 Å². The number of aromatic nitrogens is 2. The summed E-state index contributed by atoms with van der Waals surface area (Å²) in [7, 11) is 0. The Kier molecular flexibility index (Phi) is 5.86. The highest BCUT2D eigenvalue weighted by Crippen LogP contribution is 2.38. The first-order chi connectivity index (χ1) is 15.2. The lowest BCUT2D eigenvalue weighted by Crippen LogP contribution is -2.33. The zero-order chi connectivity index (χ0) is 22.8. The summed E-state index contributed by atoms with van der Waals surface area (Å²) in [6.07, 6.45) is -1.08. The third kappa shape index (κ3) is 4.74. The van der Waals surface area contributed by atoms with Crippen LogP contribution < -0.4 is 4.74 Å². The molecular weight excluding hydrogens is 419 g/mol. The van der Waals surface area contributed by atoms with Crippen molar-refractivity contribution in [2.75, 3.05) is 13.1 Å². The lowest BCUT2D eigenvalue weighted by Gasteiger charge is -2.26. The van der Waals surface area contributed by atoms with Crippen molar-refractivity contribution in [3.8, 4) is 5.88 Å². The third-order valence-electron chi connectivity index (χ3n) is 5.72. The molecule has 0 N–H and O–H groups in total. The van der Waals surface area contributed by atoms with Crippen LogP contribution in [-0.2, 0) is 18.2 Å². The maximum Gasteiger partial charge on any atom is 0.416 e. The van der Waals surface area contributed by atoms with Crippen LogP contribution in [0, 0.1) is 0 Å². The van der Waals surface area contributed by atoms with Crippen LogP contribution in [0.25, 0.3) is 0 Å². The number of alkyl halides is 3. The molecule has 32 heavy (non-hydrogen) atoms. The number of rotatable bonds is 5. The Hall–Kier alpha value is -3.42. The predicted octanol–water partition coefficient (Wildman–Crippen LogP) is 4.88. The number of nitrogens with zero attached hydrogens (tertiary/aromatic N) is 3. The van der Waals surface area contributed by atoms with Gasteiger partial charge in [-0.1, -0.05) is 55.5 Å². The molecule has 166 valence electrons. The maximum atomic E-state index is 13.1. The van der Waals surface area contributed by atoms with Gasteiger partial charge in [-0.25, -0.2) is 9.97 Å². The summed E-state index contributed by atoms with van der Waals surface area (Å²) < 4.78 is 44.9. The van der Waals surface area contributed by atoms with Crippen molar-refractivity contribution in [1.29, 1.82) is 0 Å². The minimum absolute atomic E-state index is 0.172. The Bertz CT molecular complexity index is 1090. The van der Waals surface area contributed by atoms with Gasteiger partial charge in [0, 0.05) is 18.5 Å². The van der Waals surface area contributed by atoms with Crippen LogP contribution in [-0.4, -0.2) is 33.9 Å². The minimum atomic E-state index is -4.40. The fourth-order valence-corrected chi connectivity index (χ4v) is 3.84. The summed E-state index contributed by atoms with van der Waals surface area (Å²) in [5, 5.41) is 0. The number of ether oxygens (including phenoxy) is 1. The van der Waals surface area contributed by atoms with E-state index in [1.165, 1.54) is 24.5 Å². The smallest absolute Gasteiger partial charge is 0.416 e. The van der Waals surface area contributed by atoms with E-state index < -0.39 is 17.2 Å². The van der Waals surface area contributed by atoms with Gasteiger partial charge in [0.1, 0.15) is 12.3 Å². The fraction of sp³-hybridized carbons (Fsp3) is 0.292. The molecule has 2 aromatic carbocycles. The van der Waals surface area contributed by atoms with Crippen LogP contribution in [0.1, 0.15) is 40.5 Å². The molecule has 0 bridgehead atoms. The van der Waals surface area contributed by atoms with E-state index in [9.17, 15) is 18.0 Å². The first kappa shape index (κ1) is 21.8. The summed E-state index contributed by atoms with van der Waals surface area (Å²) in [6.45, 7) is 2.95. The summed E-state index contributed by atoms with van der Waals surface area (Å²) in [5.41, 5.74) is 0.477. The van der Waals surface area contributed by atoms with Crippen molar-refractivity contribution in [3.63, 3.8) is 0 Å². The van der Waals surface area contributed by atoms with Gasteiger partial charge >= 0.3 is 6.18 Å². The van der Waals surface area contributed by atoms with Crippen molar-refractivity contribution in [2.45, 2.75) is 31.5 Å². The van der Waals surface area contributed by atoms with Crippen molar-refractivity contribution >= 4 is 5.91 Å². The van der Waals surface area contributed by atoms with E-state index in [1.54, 1.807) is 11.0 Å². The monoisotopic (exact) mass is 441 g/mol. The molecule has 0 spiro atoms. The highest BCUT2D eigenvalue weighted by molar-refractivity contribution is 5.92. The molecule has 0 radical (unpaired) electrons. The zero-order valence-electron chi connectivity index (χ0n) is 17.5. The van der Waals surface area contributed by atoms with E-state index in [0.717, 1.165) is 11.6 Å². The van der Waals surface area contributed by atoms with E-state index in [4.69, 9.17) is 4.74 Å².